The van der Waals surface area contributed by atoms with Gasteiger partial charge in [0.25, 0.3) is 5.56 Å². The van der Waals surface area contributed by atoms with Crippen LogP contribution in [0.5, 0.6) is 0 Å². The Morgan fingerprint density at radius 1 is 1.67 bits per heavy atom. The summed E-state index contributed by atoms with van der Waals surface area (Å²) in [4.78, 5) is 25.0. The molecule has 0 aromatic carbocycles. The van der Waals surface area contributed by atoms with Gasteiger partial charge in [0.2, 0.25) is 0 Å². The highest BCUT2D eigenvalue weighted by atomic mass is 16.6. The Kier molecular flexibility index (Phi) is 2.66. The number of ether oxygens (including phenoxy) is 2. The Balaban J connectivity index is 2.38. The topological polar surface area (TPSA) is 93.5 Å². The number of hydrogen-bond acceptors (Lipinski definition) is 5. The lowest BCUT2D eigenvalue weighted by molar-refractivity contribution is -0.0625. The van der Waals surface area contributed by atoms with Crippen LogP contribution < -0.4 is 11.2 Å². The van der Waals surface area contributed by atoms with E-state index in [1.54, 1.807) is 6.92 Å². The predicted octanol–water partition coefficient (Wildman–Crippen LogP) is -0.923. The van der Waals surface area contributed by atoms with E-state index < -0.39 is 42.6 Å². The number of aliphatic hydroxyl groups is 1. The molecule has 0 bridgehead atoms. The molecule has 1 fully saturated rings. The molecule has 0 amide bonds. The summed E-state index contributed by atoms with van der Waals surface area (Å²) in [7, 11) is -2.67. The summed E-state index contributed by atoms with van der Waals surface area (Å²) in [6.07, 6.45) is -1.46. The van der Waals surface area contributed by atoms with Crippen LogP contribution in [0.2, 0.25) is 0 Å². The molecule has 7 nitrogen and oxygen atoms in total. The first-order valence-corrected chi connectivity index (χ1v) is 5.48. The van der Waals surface area contributed by atoms with E-state index in [1.807, 2.05) is 0 Å². The van der Waals surface area contributed by atoms with E-state index in [-0.39, 0.29) is 6.61 Å². The van der Waals surface area contributed by atoms with E-state index >= 15 is 0 Å². The summed E-state index contributed by atoms with van der Waals surface area (Å²) in [5, 5.41) is 9.26. The molecule has 0 unspecified atom stereocenters. The molecule has 1 aliphatic rings. The maximum Gasteiger partial charge on any atom is 0.330 e. The van der Waals surface area contributed by atoms with Gasteiger partial charge < -0.3 is 14.6 Å². The van der Waals surface area contributed by atoms with Gasteiger partial charge in [-0.2, -0.15) is 0 Å². The highest BCUT2D eigenvalue weighted by molar-refractivity contribution is 4.92. The molecule has 1 aromatic rings. The monoisotopic (exact) mass is 259 g/mol. The lowest BCUT2D eigenvalue weighted by atomic mass is 10.0. The number of aromatic amines is 1. The second kappa shape index (κ2) is 5.05. The summed E-state index contributed by atoms with van der Waals surface area (Å²) in [5.41, 5.74) is -1.31. The highest BCUT2D eigenvalue weighted by Crippen LogP contribution is 2.34. The Labute approximate surface area is 107 Å². The third-order valence-corrected chi connectivity index (χ3v) is 3.14. The van der Waals surface area contributed by atoms with Gasteiger partial charge in [-0.05, 0) is 0 Å². The maximum absolute atomic E-state index is 11.8. The van der Waals surface area contributed by atoms with Gasteiger partial charge in [-0.3, -0.25) is 14.3 Å². The second-order valence-corrected chi connectivity index (χ2v) is 4.21. The molecule has 0 spiro atoms. The van der Waals surface area contributed by atoms with Crippen LogP contribution in [0, 0.1) is 5.92 Å². The minimum Gasteiger partial charge on any atom is -0.394 e. The molecular weight excluding hydrogens is 240 g/mol. The predicted molar refractivity (Wildman–Crippen MR) is 62.3 cm³/mol. The van der Waals surface area contributed by atoms with Crippen LogP contribution in [0.4, 0.5) is 0 Å². The lowest BCUT2D eigenvalue weighted by Gasteiger charge is -2.20. The summed E-state index contributed by atoms with van der Waals surface area (Å²) in [5.74, 6) is -0.445. The number of rotatable bonds is 3. The molecule has 1 aromatic heterocycles. The van der Waals surface area contributed by atoms with E-state index in [1.165, 1.54) is 6.20 Å². The number of aromatic nitrogens is 2. The summed E-state index contributed by atoms with van der Waals surface area (Å²) in [6, 6.07) is 1.12. The molecule has 1 saturated heterocycles. The molecule has 2 rings (SSSR count). The highest BCUT2D eigenvalue weighted by Gasteiger charge is 2.43. The van der Waals surface area contributed by atoms with Gasteiger partial charge in [0.05, 0.1) is 16.8 Å². The molecule has 100 valence electrons. The molecule has 0 aliphatic carbocycles. The zero-order valence-corrected chi connectivity index (χ0v) is 9.70. The minimum absolute atomic E-state index is 0.337. The van der Waals surface area contributed by atoms with Crippen molar-refractivity contribution in [1.29, 1.82) is 0 Å². The Morgan fingerprint density at radius 2 is 2.44 bits per heavy atom. The van der Waals surface area contributed by atoms with Crippen LogP contribution in [-0.2, 0) is 9.47 Å². The first-order valence-electron chi connectivity index (χ1n) is 6.98. The van der Waals surface area contributed by atoms with E-state index in [2.05, 4.69) is 4.98 Å². The molecule has 18 heavy (non-hydrogen) atoms. The molecule has 4 atom stereocenters. The van der Waals surface area contributed by atoms with Gasteiger partial charge in [-0.15, -0.1) is 0 Å². The number of nitrogens with one attached hydrogen (secondary N) is 1. The van der Waals surface area contributed by atoms with Crippen LogP contribution in [0.1, 0.15) is 17.3 Å². The van der Waals surface area contributed by atoms with E-state index in [4.69, 9.17) is 13.6 Å². The largest absolute Gasteiger partial charge is 0.394 e. The van der Waals surface area contributed by atoms with Crippen molar-refractivity contribution in [3.63, 3.8) is 0 Å². The number of nitrogens with zero attached hydrogens (tertiary/aromatic N) is 1. The van der Waals surface area contributed by atoms with E-state index in [0.29, 0.717) is 0 Å². The lowest BCUT2D eigenvalue weighted by Crippen LogP contribution is -2.36. The minimum atomic E-state index is -2.67. The number of methoxy groups -OCH3 is 1. The van der Waals surface area contributed by atoms with E-state index in [0.717, 1.165) is 10.6 Å². The number of aliphatic hydroxyl groups excluding tert-OH is 1. The van der Waals surface area contributed by atoms with Crippen molar-refractivity contribution in [2.45, 2.75) is 25.4 Å². The first-order chi connectivity index (χ1) is 9.73. The Hall–Kier alpha value is -1.44. The van der Waals surface area contributed by atoms with Gasteiger partial charge in [0, 0.05) is 25.2 Å². The summed E-state index contributed by atoms with van der Waals surface area (Å²) >= 11 is 0. The molecule has 2 heterocycles. The average molecular weight is 259 g/mol. The second-order valence-electron chi connectivity index (χ2n) is 4.21. The molecular formula is C11H16N2O5. The van der Waals surface area contributed by atoms with E-state index in [9.17, 15) is 14.7 Å². The van der Waals surface area contributed by atoms with Crippen molar-refractivity contribution in [1.82, 2.24) is 9.55 Å². The van der Waals surface area contributed by atoms with Gasteiger partial charge >= 0.3 is 5.69 Å². The zero-order chi connectivity index (χ0) is 15.8. The fourth-order valence-corrected chi connectivity index (χ4v) is 2.08. The van der Waals surface area contributed by atoms with Crippen LogP contribution >= 0.6 is 0 Å². The molecule has 0 saturated carbocycles. The third kappa shape index (κ3) is 2.12. The van der Waals surface area contributed by atoms with Gasteiger partial charge in [-0.25, -0.2) is 4.79 Å². The van der Waals surface area contributed by atoms with Crippen molar-refractivity contribution in [3.05, 3.63) is 33.1 Å². The van der Waals surface area contributed by atoms with Gasteiger partial charge in [-0.1, -0.05) is 6.92 Å². The smallest absolute Gasteiger partial charge is 0.330 e. The SMILES string of the molecule is [2H]C([2H])([2H])O[C@@H]1[C@H](C)[C@@H](CO)O[C@H]1n1ccc(=O)[nH]c1=O. The zero-order valence-electron chi connectivity index (χ0n) is 12.7. The van der Waals surface area contributed by atoms with Gasteiger partial charge in [0.1, 0.15) is 6.10 Å². The van der Waals surface area contributed by atoms with Crippen molar-refractivity contribution >= 4 is 0 Å². The van der Waals surface area contributed by atoms with Crippen molar-refractivity contribution < 1.29 is 18.7 Å². The summed E-state index contributed by atoms with van der Waals surface area (Å²) < 4.78 is 33.2. The maximum atomic E-state index is 11.8. The molecule has 7 heteroatoms. The van der Waals surface area contributed by atoms with Crippen LogP contribution in [0.15, 0.2) is 21.9 Å². The van der Waals surface area contributed by atoms with Gasteiger partial charge in [0.15, 0.2) is 6.23 Å². The third-order valence-electron chi connectivity index (χ3n) is 3.14. The Morgan fingerprint density at radius 3 is 3.06 bits per heavy atom. The molecule has 2 N–H and O–H groups in total. The number of H-pyrrole nitrogens is 1. The first kappa shape index (κ1) is 9.48. The van der Waals surface area contributed by atoms with Crippen molar-refractivity contribution in [2.75, 3.05) is 13.6 Å². The average Bonchev–Trinajstić information content (AvgIpc) is 2.65. The van der Waals surface area contributed by atoms with Crippen LogP contribution in [-0.4, -0.2) is 40.5 Å². The fraction of sp³-hybridized carbons (Fsp3) is 0.636. The van der Waals surface area contributed by atoms with Crippen LogP contribution in [0.3, 0.4) is 0 Å². The standard InChI is InChI=1S/C11H16N2O5/c1-6-7(5-14)18-10(9(6)17-2)13-4-3-8(15)12-11(13)16/h3-4,6-7,9-10,14H,5H2,1-2H3,(H,12,15,16)/t6-,7-,9-,10-/m1/s1/i2D3. The summed E-state index contributed by atoms with van der Waals surface area (Å²) in [6.45, 7) is 1.32. The van der Waals surface area contributed by atoms with Crippen molar-refractivity contribution in [2.24, 2.45) is 5.92 Å². The van der Waals surface area contributed by atoms with Crippen LogP contribution in [0.25, 0.3) is 0 Å². The fourth-order valence-electron chi connectivity index (χ4n) is 2.08. The quantitative estimate of drug-likeness (QED) is 0.732. The molecule has 1 aliphatic heterocycles. The molecule has 0 radical (unpaired) electrons. The number of hydrogen-bond donors (Lipinski definition) is 2. The van der Waals surface area contributed by atoms with Crippen molar-refractivity contribution in [3.8, 4) is 0 Å². The Bertz CT molecular complexity index is 611. The normalized spacial score (nSPS) is 34.9.